The number of nitrogens with two attached hydrogens (primary N) is 1. The van der Waals surface area contributed by atoms with Gasteiger partial charge in [0.15, 0.2) is 11.6 Å². The molecule has 374 valence electrons. The number of aromatic amines is 2. The molecule has 2 aromatic heterocycles. The van der Waals surface area contributed by atoms with Gasteiger partial charge in [-0.05, 0) is 59.6 Å². The summed E-state index contributed by atoms with van der Waals surface area (Å²) in [4.78, 5) is 48.8. The molecule has 2 heterocycles. The molecule has 0 spiro atoms. The lowest BCUT2D eigenvalue weighted by atomic mass is 10.0. The zero-order chi connectivity index (χ0) is 50.8. The Morgan fingerprint density at radius 3 is 1.38 bits per heavy atom. The summed E-state index contributed by atoms with van der Waals surface area (Å²) < 4.78 is 15.3. The fraction of sp³-hybridized carbons (Fsp3) is 0.479. The highest BCUT2D eigenvalue weighted by molar-refractivity contribution is 5.68. The van der Waals surface area contributed by atoms with Gasteiger partial charge in [0, 0.05) is 6.42 Å². The smallest absolute Gasteiger partial charge is 0.413 e. The molecule has 0 unspecified atom stereocenters. The van der Waals surface area contributed by atoms with Crippen molar-refractivity contribution < 1.29 is 33.4 Å². The predicted molar refractivity (Wildman–Crippen MR) is 259 cm³/mol. The van der Waals surface area contributed by atoms with Gasteiger partial charge in [0.2, 0.25) is 6.41 Å². The number of hydrogen-bond acceptors (Lipinski definition) is 14. The standard InChI is InChI=1S/C14H19N5O2.C14H20N2O3.C14H18N2O2.C6H13N5/c1-10(2)8-12(13-16-18-19-17-13)15-14(20)21-9-11-6-4-3-5-7-11;1-11(2)8-13(15-10-17)16-14(18)19-9-12-6-4-3-5-7-12;1-11(2)9-13(15-3)16-14(17)18-10-12-7-5-4-6-8-12;1-4(2)3-5(7)6-8-10-11-9-6/h3-7,10,12H,8-9H2,1-2H3,(H,15,20)(H,16,17,18,19);3-7,10-11,13H,8-9H2,1-2H3,(H,15,17)(H,16,18);4-8,11,13H,9-10H2,1-2H3,(H,16,17);4-5H,3,7H2,1-2H3,(H,8,9,10,11)/t12-;2*13-;5-/m1111/s1. The minimum absolute atomic E-state index is 0.0891. The van der Waals surface area contributed by atoms with Gasteiger partial charge in [-0.3, -0.25) is 15.0 Å². The highest BCUT2D eigenvalue weighted by Crippen LogP contribution is 2.18. The lowest BCUT2D eigenvalue weighted by Gasteiger charge is -2.19. The summed E-state index contributed by atoms with van der Waals surface area (Å²) in [6.07, 6.45) is 0.973. The fourth-order valence-corrected chi connectivity index (χ4v) is 5.98. The second-order valence-corrected chi connectivity index (χ2v) is 17.3. The number of aromatic nitrogens is 8. The first-order valence-electron chi connectivity index (χ1n) is 22.8. The second-order valence-electron chi connectivity index (χ2n) is 17.3. The lowest BCUT2D eigenvalue weighted by molar-refractivity contribution is -0.110. The maximum absolute atomic E-state index is 11.9. The summed E-state index contributed by atoms with van der Waals surface area (Å²) in [6.45, 7) is 24.0. The van der Waals surface area contributed by atoms with Gasteiger partial charge in [-0.1, -0.05) is 157 Å². The van der Waals surface area contributed by atoms with Crippen molar-refractivity contribution in [2.75, 3.05) is 0 Å². The number of amides is 4. The van der Waals surface area contributed by atoms with E-state index >= 15 is 0 Å². The molecule has 4 atom stereocenters. The van der Waals surface area contributed by atoms with Gasteiger partial charge in [-0.2, -0.15) is 10.4 Å². The van der Waals surface area contributed by atoms with Crippen molar-refractivity contribution in [3.8, 4) is 0 Å². The molecule has 0 bridgehead atoms. The van der Waals surface area contributed by atoms with E-state index in [2.05, 4.69) is 95.1 Å². The number of carbonyl (C=O) groups is 4. The normalized spacial score (nSPS) is 12.2. The number of benzene rings is 3. The van der Waals surface area contributed by atoms with E-state index in [1.807, 2.05) is 119 Å². The molecular formula is C48H70N14O7. The number of hydrogen-bond donors (Lipinski definition) is 7. The van der Waals surface area contributed by atoms with E-state index < -0.39 is 30.6 Å². The van der Waals surface area contributed by atoms with Crippen LogP contribution < -0.4 is 27.0 Å². The molecule has 0 saturated heterocycles. The number of rotatable bonds is 21. The summed E-state index contributed by atoms with van der Waals surface area (Å²) in [5, 5.41) is 37.7. The number of alkyl carbamates (subject to hydrolysis) is 3. The van der Waals surface area contributed by atoms with Crippen LogP contribution in [0.2, 0.25) is 0 Å². The topological polar surface area (TPSA) is 283 Å². The van der Waals surface area contributed by atoms with Crippen molar-refractivity contribution >= 4 is 24.7 Å². The summed E-state index contributed by atoms with van der Waals surface area (Å²) in [5.74, 6) is 2.70. The molecule has 0 aliphatic carbocycles. The van der Waals surface area contributed by atoms with Crippen molar-refractivity contribution in [3.05, 3.63) is 131 Å². The van der Waals surface area contributed by atoms with E-state index in [9.17, 15) is 19.2 Å². The second kappa shape index (κ2) is 33.9. The Balaban J connectivity index is 0.000000322. The van der Waals surface area contributed by atoms with Crippen LogP contribution in [0.3, 0.4) is 0 Å². The third-order valence-electron chi connectivity index (χ3n) is 9.13. The zero-order valence-electron chi connectivity index (χ0n) is 40.9. The maximum atomic E-state index is 11.9. The highest BCUT2D eigenvalue weighted by Gasteiger charge is 2.21. The Hall–Kier alpha value is -7.47. The van der Waals surface area contributed by atoms with Crippen molar-refractivity contribution in [3.63, 3.8) is 0 Å². The van der Waals surface area contributed by atoms with Crippen LogP contribution in [0, 0.1) is 30.2 Å². The molecule has 0 aliphatic heterocycles. The first-order chi connectivity index (χ1) is 33.1. The van der Waals surface area contributed by atoms with Gasteiger partial charge >= 0.3 is 24.4 Å². The summed E-state index contributed by atoms with van der Waals surface area (Å²) in [5.41, 5.74) is 8.54. The third kappa shape index (κ3) is 27.7. The van der Waals surface area contributed by atoms with Crippen molar-refractivity contribution in [2.24, 2.45) is 29.4 Å². The largest absolute Gasteiger partial charge is 0.445 e. The molecular weight excluding hydrogens is 885 g/mol. The van der Waals surface area contributed by atoms with Crippen LogP contribution in [0.1, 0.15) is 121 Å². The maximum Gasteiger partial charge on any atom is 0.413 e. The molecule has 69 heavy (non-hydrogen) atoms. The Morgan fingerprint density at radius 2 is 1.00 bits per heavy atom. The van der Waals surface area contributed by atoms with Gasteiger partial charge in [0.1, 0.15) is 26.0 Å². The van der Waals surface area contributed by atoms with Crippen LogP contribution >= 0.6 is 0 Å². The average Bonchev–Trinajstić information content (AvgIpc) is 4.07. The SMILES string of the molecule is CC(C)C[C@@H](N)c1nn[nH]n1.CC(C)C[C@@H](NC(=O)OCc1ccccc1)c1nn[nH]n1.CC(C)C[C@H](NC=O)NC(=O)OCc1ccccc1.[C-]#[N+][C@@H](CC(C)C)NC(=O)OCc1ccccc1. The average molecular weight is 955 g/mol. The minimum atomic E-state index is -0.541. The number of H-pyrrole nitrogens is 2. The van der Waals surface area contributed by atoms with E-state index in [0.29, 0.717) is 61.0 Å². The Kier molecular flexibility index (Phi) is 28.3. The molecule has 5 rings (SSSR count). The van der Waals surface area contributed by atoms with Crippen molar-refractivity contribution in [1.29, 1.82) is 0 Å². The molecule has 21 nitrogen and oxygen atoms in total. The lowest BCUT2D eigenvalue weighted by Crippen LogP contribution is -2.45. The minimum Gasteiger partial charge on any atom is -0.445 e. The number of ether oxygens (including phenoxy) is 3. The van der Waals surface area contributed by atoms with Gasteiger partial charge < -0.3 is 35.9 Å². The van der Waals surface area contributed by atoms with E-state index in [1.54, 1.807) is 0 Å². The molecule has 0 saturated carbocycles. The fourth-order valence-electron chi connectivity index (χ4n) is 5.98. The number of tetrazole rings is 2. The Labute approximate surface area is 405 Å². The van der Waals surface area contributed by atoms with Crippen LogP contribution in [-0.2, 0) is 38.8 Å². The van der Waals surface area contributed by atoms with E-state index in [1.165, 1.54) is 0 Å². The third-order valence-corrected chi connectivity index (χ3v) is 9.13. The van der Waals surface area contributed by atoms with Crippen LogP contribution in [0.5, 0.6) is 0 Å². The van der Waals surface area contributed by atoms with E-state index in [-0.39, 0.29) is 31.9 Å². The Morgan fingerprint density at radius 1 is 0.594 bits per heavy atom. The molecule has 21 heteroatoms. The molecule has 0 fully saturated rings. The van der Waals surface area contributed by atoms with E-state index in [4.69, 9.17) is 26.5 Å². The quantitative estimate of drug-likeness (QED) is 0.0161. The van der Waals surface area contributed by atoms with Gasteiger partial charge in [0.25, 0.3) is 0 Å². The number of nitrogens with zero attached hydrogens (tertiary/aromatic N) is 7. The van der Waals surface area contributed by atoms with Gasteiger partial charge in [-0.15, -0.1) is 20.4 Å². The van der Waals surface area contributed by atoms with Crippen LogP contribution in [0.4, 0.5) is 14.4 Å². The van der Waals surface area contributed by atoms with Crippen LogP contribution in [0.15, 0.2) is 91.0 Å². The predicted octanol–water partition coefficient (Wildman–Crippen LogP) is 7.69. The van der Waals surface area contributed by atoms with Gasteiger partial charge in [-0.25, -0.2) is 21.0 Å². The monoisotopic (exact) mass is 955 g/mol. The van der Waals surface area contributed by atoms with E-state index in [0.717, 1.165) is 23.1 Å². The van der Waals surface area contributed by atoms with Gasteiger partial charge in [0.05, 0.1) is 12.1 Å². The molecule has 4 amide bonds. The molecule has 8 N–H and O–H groups in total. The molecule has 5 aromatic rings. The first kappa shape index (κ1) is 57.7. The summed E-state index contributed by atoms with van der Waals surface area (Å²) >= 11 is 0. The zero-order valence-corrected chi connectivity index (χ0v) is 40.9. The summed E-state index contributed by atoms with van der Waals surface area (Å²) in [6, 6.07) is 28.0. The molecule has 0 aliphatic rings. The highest BCUT2D eigenvalue weighted by atomic mass is 16.6. The summed E-state index contributed by atoms with van der Waals surface area (Å²) in [7, 11) is 0. The molecule has 0 radical (unpaired) electrons. The molecule has 3 aromatic carbocycles. The number of carbonyl (C=O) groups excluding carboxylic acids is 4. The number of nitrogens with one attached hydrogen (secondary N) is 6. The van der Waals surface area contributed by atoms with Crippen LogP contribution in [0.25, 0.3) is 4.85 Å². The Bertz CT molecular complexity index is 2140. The van der Waals surface area contributed by atoms with Crippen molar-refractivity contribution in [2.45, 2.75) is 125 Å². The first-order valence-corrected chi connectivity index (χ1v) is 22.8. The van der Waals surface area contributed by atoms with Crippen LogP contribution in [-0.4, -0.2) is 78.3 Å². The van der Waals surface area contributed by atoms with Crippen molar-refractivity contribution in [1.82, 2.24) is 62.5 Å².